The maximum atomic E-state index is 12.5. The van der Waals surface area contributed by atoms with Gasteiger partial charge in [-0.3, -0.25) is 4.90 Å². The Morgan fingerprint density at radius 1 is 1.36 bits per heavy atom. The van der Waals surface area contributed by atoms with E-state index in [-0.39, 0.29) is 6.54 Å². The van der Waals surface area contributed by atoms with Crippen molar-refractivity contribution in [1.82, 2.24) is 19.7 Å². The zero-order chi connectivity index (χ0) is 15.5. The van der Waals surface area contributed by atoms with Crippen molar-refractivity contribution >= 4 is 11.6 Å². The molecule has 0 amide bonds. The second-order valence-electron chi connectivity index (χ2n) is 5.30. The van der Waals surface area contributed by atoms with Crippen LogP contribution >= 0.6 is 11.6 Å². The number of aromatic nitrogens is 3. The van der Waals surface area contributed by atoms with Gasteiger partial charge in [-0.1, -0.05) is 11.6 Å². The third-order valence-electron chi connectivity index (χ3n) is 3.92. The van der Waals surface area contributed by atoms with Gasteiger partial charge in [0.2, 0.25) is 0 Å². The highest BCUT2D eigenvalue weighted by Crippen LogP contribution is 2.31. The van der Waals surface area contributed by atoms with Crippen LogP contribution in [0, 0.1) is 0 Å². The Bertz CT molecular complexity index is 661. The minimum atomic E-state index is -0.436. The number of alkyl halides is 1. The molecule has 2 aromatic rings. The molecule has 0 spiro atoms. The molecule has 1 aromatic heterocycles. The lowest BCUT2D eigenvalue weighted by atomic mass is 9.99. The van der Waals surface area contributed by atoms with Crippen LogP contribution in [0.4, 0.5) is 4.39 Å². The van der Waals surface area contributed by atoms with E-state index in [9.17, 15) is 4.39 Å². The monoisotopic (exact) mass is 324 g/mol. The molecule has 118 valence electrons. The van der Waals surface area contributed by atoms with Crippen molar-refractivity contribution in [3.05, 3.63) is 40.4 Å². The predicted octanol–water partition coefficient (Wildman–Crippen LogP) is 2.47. The van der Waals surface area contributed by atoms with Crippen molar-refractivity contribution in [3.63, 3.8) is 0 Å². The number of hydrogen-bond donors (Lipinski definition) is 0. The van der Waals surface area contributed by atoms with Crippen molar-refractivity contribution in [2.75, 3.05) is 20.3 Å². The lowest BCUT2D eigenvalue weighted by Gasteiger charge is -2.28. The Hall–Kier alpha value is -1.66. The van der Waals surface area contributed by atoms with E-state index < -0.39 is 6.67 Å². The van der Waals surface area contributed by atoms with Gasteiger partial charge < -0.3 is 4.74 Å². The molecule has 0 bridgehead atoms. The van der Waals surface area contributed by atoms with Gasteiger partial charge >= 0.3 is 0 Å². The lowest BCUT2D eigenvalue weighted by Crippen LogP contribution is -2.31. The molecule has 0 radical (unpaired) electrons. The van der Waals surface area contributed by atoms with Crippen molar-refractivity contribution in [2.24, 2.45) is 0 Å². The first kappa shape index (κ1) is 15.2. The summed E-state index contributed by atoms with van der Waals surface area (Å²) in [6.07, 6.45) is 2.41. The quantitative estimate of drug-likeness (QED) is 0.847. The van der Waals surface area contributed by atoms with Gasteiger partial charge in [-0.05, 0) is 29.7 Å². The van der Waals surface area contributed by atoms with Gasteiger partial charge in [0.1, 0.15) is 24.6 Å². The summed E-state index contributed by atoms with van der Waals surface area (Å²) < 4.78 is 19.4. The molecule has 22 heavy (non-hydrogen) atoms. The molecule has 1 aliphatic heterocycles. The van der Waals surface area contributed by atoms with Gasteiger partial charge in [0.15, 0.2) is 0 Å². The summed E-state index contributed by atoms with van der Waals surface area (Å²) in [5.41, 5.74) is 2.47. The highest BCUT2D eigenvalue weighted by Gasteiger charge is 2.20. The largest absolute Gasteiger partial charge is 0.495 e. The molecule has 0 fully saturated rings. The first-order chi connectivity index (χ1) is 10.7. The van der Waals surface area contributed by atoms with Crippen LogP contribution in [0.2, 0.25) is 5.02 Å². The summed E-state index contributed by atoms with van der Waals surface area (Å²) in [6, 6.07) is 3.98. The molecule has 0 unspecified atom stereocenters. The highest BCUT2D eigenvalue weighted by atomic mass is 35.5. The van der Waals surface area contributed by atoms with Crippen LogP contribution in [0.1, 0.15) is 17.0 Å². The fraction of sp³-hybridized carbons (Fsp3) is 0.467. The van der Waals surface area contributed by atoms with Crippen LogP contribution in [0.15, 0.2) is 18.5 Å². The molecule has 1 aliphatic rings. The standard InChI is InChI=1S/C15H18ClFN4O/c1-22-14-7-11-2-4-20(8-12(11)6-13(14)16)9-15-18-10-19-21(15)5-3-17/h6-7,10H,2-5,8-9H2,1H3. The number of rotatable bonds is 5. The van der Waals surface area contributed by atoms with Crippen molar-refractivity contribution in [1.29, 1.82) is 0 Å². The minimum absolute atomic E-state index is 0.253. The van der Waals surface area contributed by atoms with Crippen molar-refractivity contribution in [3.8, 4) is 5.75 Å². The topological polar surface area (TPSA) is 43.2 Å². The van der Waals surface area contributed by atoms with E-state index in [2.05, 4.69) is 15.0 Å². The summed E-state index contributed by atoms with van der Waals surface area (Å²) in [4.78, 5) is 6.50. The normalized spacial score (nSPS) is 14.9. The van der Waals surface area contributed by atoms with E-state index in [1.807, 2.05) is 12.1 Å². The predicted molar refractivity (Wildman–Crippen MR) is 81.8 cm³/mol. The first-order valence-corrected chi connectivity index (χ1v) is 7.59. The number of aryl methyl sites for hydroxylation is 1. The molecule has 0 N–H and O–H groups in total. The summed E-state index contributed by atoms with van der Waals surface area (Å²) >= 11 is 6.21. The van der Waals surface area contributed by atoms with Crippen LogP contribution in [-0.2, 0) is 26.1 Å². The van der Waals surface area contributed by atoms with E-state index in [1.54, 1.807) is 11.8 Å². The number of halogens is 2. The van der Waals surface area contributed by atoms with Gasteiger partial charge in [-0.2, -0.15) is 5.10 Å². The number of methoxy groups -OCH3 is 1. The fourth-order valence-corrected chi connectivity index (χ4v) is 3.05. The molecule has 1 aromatic carbocycles. The summed E-state index contributed by atoms with van der Waals surface area (Å²) in [5.74, 6) is 1.51. The summed E-state index contributed by atoms with van der Waals surface area (Å²) in [6.45, 7) is 2.18. The molecular weight excluding hydrogens is 307 g/mol. The van der Waals surface area contributed by atoms with Crippen LogP contribution in [-0.4, -0.2) is 40.0 Å². The third kappa shape index (κ3) is 3.08. The van der Waals surface area contributed by atoms with Crippen molar-refractivity contribution in [2.45, 2.75) is 26.1 Å². The lowest BCUT2D eigenvalue weighted by molar-refractivity contribution is 0.233. The molecule has 0 saturated carbocycles. The second-order valence-corrected chi connectivity index (χ2v) is 5.71. The number of fused-ring (bicyclic) bond motifs is 1. The molecule has 0 atom stereocenters. The fourth-order valence-electron chi connectivity index (χ4n) is 2.78. The van der Waals surface area contributed by atoms with Gasteiger partial charge in [0.25, 0.3) is 0 Å². The van der Waals surface area contributed by atoms with Crippen LogP contribution in [0.3, 0.4) is 0 Å². The van der Waals surface area contributed by atoms with E-state index in [4.69, 9.17) is 16.3 Å². The van der Waals surface area contributed by atoms with Crippen LogP contribution in [0.25, 0.3) is 0 Å². The average molecular weight is 325 g/mol. The number of benzene rings is 1. The molecule has 7 heteroatoms. The summed E-state index contributed by atoms with van der Waals surface area (Å²) in [5, 5.41) is 4.68. The molecule has 0 aliphatic carbocycles. The molecule has 5 nitrogen and oxygen atoms in total. The maximum Gasteiger partial charge on any atom is 0.141 e. The first-order valence-electron chi connectivity index (χ1n) is 7.21. The molecule has 0 saturated heterocycles. The Kier molecular flexibility index (Phi) is 4.59. The van der Waals surface area contributed by atoms with Gasteiger partial charge in [0.05, 0.1) is 25.2 Å². The van der Waals surface area contributed by atoms with E-state index in [0.717, 1.165) is 31.1 Å². The Morgan fingerprint density at radius 2 is 2.23 bits per heavy atom. The van der Waals surface area contributed by atoms with Crippen LogP contribution in [0.5, 0.6) is 5.75 Å². The zero-order valence-electron chi connectivity index (χ0n) is 12.4. The van der Waals surface area contributed by atoms with E-state index in [1.165, 1.54) is 17.5 Å². The number of nitrogens with zero attached hydrogens (tertiary/aromatic N) is 4. The number of ether oxygens (including phenoxy) is 1. The van der Waals surface area contributed by atoms with E-state index >= 15 is 0 Å². The average Bonchev–Trinajstić information content (AvgIpc) is 2.94. The molecule has 2 heterocycles. The zero-order valence-corrected chi connectivity index (χ0v) is 13.2. The summed E-state index contributed by atoms with van der Waals surface area (Å²) in [7, 11) is 1.63. The second kappa shape index (κ2) is 6.62. The third-order valence-corrected chi connectivity index (χ3v) is 4.22. The Balaban J connectivity index is 1.74. The smallest absolute Gasteiger partial charge is 0.141 e. The molecular formula is C15H18ClFN4O. The van der Waals surface area contributed by atoms with Crippen LogP contribution < -0.4 is 4.74 Å². The minimum Gasteiger partial charge on any atom is -0.495 e. The highest BCUT2D eigenvalue weighted by molar-refractivity contribution is 6.32. The van der Waals surface area contributed by atoms with Gasteiger partial charge in [0, 0.05) is 13.1 Å². The number of hydrogen-bond acceptors (Lipinski definition) is 4. The molecule has 3 rings (SSSR count). The Labute approximate surface area is 133 Å². The van der Waals surface area contributed by atoms with Crippen molar-refractivity contribution < 1.29 is 9.13 Å². The van der Waals surface area contributed by atoms with Gasteiger partial charge in [-0.15, -0.1) is 0 Å². The van der Waals surface area contributed by atoms with Gasteiger partial charge in [-0.25, -0.2) is 14.1 Å². The van der Waals surface area contributed by atoms with E-state index in [0.29, 0.717) is 11.6 Å². The Morgan fingerprint density at radius 3 is 3.00 bits per heavy atom. The maximum absolute atomic E-state index is 12.5. The SMILES string of the molecule is COc1cc2c(cc1Cl)CN(Cc1ncnn1CCF)CC2.